The summed E-state index contributed by atoms with van der Waals surface area (Å²) in [5, 5.41) is 5.77. The molecule has 1 aromatic carbocycles. The van der Waals surface area contributed by atoms with Crippen LogP contribution >= 0.6 is 15.9 Å². The third kappa shape index (κ3) is 1.56. The molecule has 2 heterocycles. The Hall–Kier alpha value is -1.40. The molecule has 0 spiro atoms. The maximum atomic E-state index is 11.9. The molecule has 0 bridgehead atoms. The normalized spacial score (nSPS) is 22.9. The number of hydrogen-bond acceptors (Lipinski definition) is 3. The zero-order chi connectivity index (χ0) is 12.0. The number of nitrogens with one attached hydrogen (secondary N) is 2. The Kier molecular flexibility index (Phi) is 2.41. The third-order valence-corrected chi connectivity index (χ3v) is 3.66. The average Bonchev–Trinajstić information content (AvgIpc) is 2.31. The fourth-order valence-corrected chi connectivity index (χ4v) is 2.68. The molecule has 2 amide bonds. The molecule has 2 N–H and O–H groups in total. The molecule has 0 aromatic heterocycles. The van der Waals surface area contributed by atoms with E-state index >= 15 is 0 Å². The van der Waals surface area contributed by atoms with Gasteiger partial charge in [-0.15, -0.1) is 0 Å². The lowest BCUT2D eigenvalue weighted by Gasteiger charge is -2.39. The molecule has 6 heteroatoms. The van der Waals surface area contributed by atoms with Gasteiger partial charge in [0.1, 0.15) is 6.04 Å². The van der Waals surface area contributed by atoms with Gasteiger partial charge >= 0.3 is 0 Å². The standard InChI is InChI=1S/C11H10BrN3O2/c12-6-2-1-3-7-10(6)14-11(17)8-4-13-5-9(16)15(7)8/h1-3,8,13H,4-5H2,(H,14,17). The maximum Gasteiger partial charge on any atom is 0.248 e. The minimum Gasteiger partial charge on any atom is -0.321 e. The minimum absolute atomic E-state index is 0.0737. The molecule has 1 fully saturated rings. The second kappa shape index (κ2) is 3.82. The van der Waals surface area contributed by atoms with Gasteiger partial charge in [-0.2, -0.15) is 0 Å². The van der Waals surface area contributed by atoms with Gasteiger partial charge in [-0.05, 0) is 28.1 Å². The number of amides is 2. The second-order valence-electron chi connectivity index (χ2n) is 4.03. The van der Waals surface area contributed by atoms with E-state index < -0.39 is 6.04 Å². The Morgan fingerprint density at radius 1 is 1.35 bits per heavy atom. The third-order valence-electron chi connectivity index (χ3n) is 3.00. The number of nitrogens with zero attached hydrogens (tertiary/aromatic N) is 1. The first kappa shape index (κ1) is 10.7. The molecule has 3 rings (SSSR count). The number of benzene rings is 1. The highest BCUT2D eigenvalue weighted by atomic mass is 79.9. The van der Waals surface area contributed by atoms with Crippen LogP contribution in [0.4, 0.5) is 11.4 Å². The number of carbonyl (C=O) groups is 2. The van der Waals surface area contributed by atoms with Crippen LogP contribution in [0.15, 0.2) is 22.7 Å². The van der Waals surface area contributed by atoms with E-state index in [0.29, 0.717) is 12.2 Å². The number of fused-ring (bicyclic) bond motifs is 3. The highest BCUT2D eigenvalue weighted by molar-refractivity contribution is 9.10. The van der Waals surface area contributed by atoms with Crippen LogP contribution in [0.1, 0.15) is 0 Å². The summed E-state index contributed by atoms with van der Waals surface area (Å²) < 4.78 is 0.785. The monoisotopic (exact) mass is 295 g/mol. The van der Waals surface area contributed by atoms with Crippen molar-refractivity contribution in [3.63, 3.8) is 0 Å². The van der Waals surface area contributed by atoms with Gasteiger partial charge in [0.2, 0.25) is 11.8 Å². The van der Waals surface area contributed by atoms with E-state index in [0.717, 1.165) is 10.2 Å². The van der Waals surface area contributed by atoms with Crippen LogP contribution in [0.2, 0.25) is 0 Å². The fraction of sp³-hybridized carbons (Fsp3) is 0.273. The highest BCUT2D eigenvalue weighted by Crippen LogP contribution is 2.38. The van der Waals surface area contributed by atoms with Crippen LogP contribution in [0.3, 0.4) is 0 Å². The van der Waals surface area contributed by atoms with E-state index in [-0.39, 0.29) is 18.4 Å². The number of piperazine rings is 1. The molecule has 0 saturated carbocycles. The Bertz CT molecular complexity index is 517. The SMILES string of the molecule is O=C1Nc2c(Br)cccc2N2C(=O)CNCC12. The molecule has 17 heavy (non-hydrogen) atoms. The lowest BCUT2D eigenvalue weighted by molar-refractivity contribution is -0.124. The lowest BCUT2D eigenvalue weighted by Crippen LogP contribution is -2.61. The summed E-state index contributed by atoms with van der Waals surface area (Å²) in [6, 6.07) is 5.09. The first-order valence-corrected chi connectivity index (χ1v) is 6.10. The summed E-state index contributed by atoms with van der Waals surface area (Å²) in [6.07, 6.45) is 0. The highest BCUT2D eigenvalue weighted by Gasteiger charge is 2.39. The van der Waals surface area contributed by atoms with E-state index in [1.807, 2.05) is 18.2 Å². The fourth-order valence-electron chi connectivity index (χ4n) is 2.22. The molecular weight excluding hydrogens is 286 g/mol. The van der Waals surface area contributed by atoms with Crippen molar-refractivity contribution in [3.05, 3.63) is 22.7 Å². The van der Waals surface area contributed by atoms with E-state index in [2.05, 4.69) is 26.6 Å². The summed E-state index contributed by atoms with van der Waals surface area (Å²) in [6.45, 7) is 0.763. The molecule has 2 aliphatic heterocycles. The molecule has 88 valence electrons. The van der Waals surface area contributed by atoms with Crippen molar-refractivity contribution in [1.82, 2.24) is 5.32 Å². The van der Waals surface area contributed by atoms with Crippen molar-refractivity contribution in [2.75, 3.05) is 23.3 Å². The van der Waals surface area contributed by atoms with Crippen LogP contribution in [0.5, 0.6) is 0 Å². The summed E-state index contributed by atoms with van der Waals surface area (Å²) in [7, 11) is 0. The van der Waals surface area contributed by atoms with E-state index in [4.69, 9.17) is 0 Å². The summed E-state index contributed by atoms with van der Waals surface area (Å²) >= 11 is 3.38. The van der Waals surface area contributed by atoms with E-state index in [1.54, 1.807) is 4.90 Å². The number of rotatable bonds is 0. The van der Waals surface area contributed by atoms with Gasteiger partial charge in [0.15, 0.2) is 0 Å². The smallest absolute Gasteiger partial charge is 0.248 e. The van der Waals surface area contributed by atoms with E-state index in [9.17, 15) is 9.59 Å². The van der Waals surface area contributed by atoms with Gasteiger partial charge in [-0.3, -0.25) is 14.5 Å². The maximum absolute atomic E-state index is 11.9. The van der Waals surface area contributed by atoms with Crippen molar-refractivity contribution in [2.45, 2.75) is 6.04 Å². The quantitative estimate of drug-likeness (QED) is 0.741. The predicted molar refractivity (Wildman–Crippen MR) is 66.9 cm³/mol. The Morgan fingerprint density at radius 2 is 2.18 bits per heavy atom. The largest absolute Gasteiger partial charge is 0.321 e. The van der Waals surface area contributed by atoms with Crippen molar-refractivity contribution < 1.29 is 9.59 Å². The molecule has 2 aliphatic rings. The Labute approximate surface area is 106 Å². The molecule has 1 aromatic rings. The van der Waals surface area contributed by atoms with Crippen LogP contribution in [0, 0.1) is 0 Å². The molecule has 1 unspecified atom stereocenters. The summed E-state index contributed by atoms with van der Waals surface area (Å²) in [4.78, 5) is 25.4. The van der Waals surface area contributed by atoms with Gasteiger partial charge in [-0.1, -0.05) is 6.07 Å². The van der Waals surface area contributed by atoms with Crippen LogP contribution < -0.4 is 15.5 Å². The molecule has 0 radical (unpaired) electrons. The lowest BCUT2D eigenvalue weighted by atomic mass is 10.1. The van der Waals surface area contributed by atoms with Gasteiger partial charge in [0.25, 0.3) is 0 Å². The topological polar surface area (TPSA) is 61.4 Å². The van der Waals surface area contributed by atoms with Crippen molar-refractivity contribution >= 4 is 39.1 Å². The Morgan fingerprint density at radius 3 is 3.00 bits per heavy atom. The van der Waals surface area contributed by atoms with Crippen LogP contribution in [-0.2, 0) is 9.59 Å². The zero-order valence-electron chi connectivity index (χ0n) is 8.87. The summed E-state index contributed by atoms with van der Waals surface area (Å²) in [5.74, 6) is -0.222. The molecule has 1 saturated heterocycles. The van der Waals surface area contributed by atoms with Crippen molar-refractivity contribution in [2.24, 2.45) is 0 Å². The molecule has 1 atom stereocenters. The van der Waals surface area contributed by atoms with Crippen molar-refractivity contribution in [3.8, 4) is 0 Å². The zero-order valence-corrected chi connectivity index (χ0v) is 10.5. The number of anilines is 2. The van der Waals surface area contributed by atoms with Crippen LogP contribution in [-0.4, -0.2) is 30.9 Å². The summed E-state index contributed by atoms with van der Waals surface area (Å²) in [5.41, 5.74) is 1.43. The van der Waals surface area contributed by atoms with Crippen molar-refractivity contribution in [1.29, 1.82) is 0 Å². The average molecular weight is 296 g/mol. The van der Waals surface area contributed by atoms with Gasteiger partial charge in [0, 0.05) is 11.0 Å². The number of hydrogen-bond donors (Lipinski definition) is 2. The second-order valence-corrected chi connectivity index (χ2v) is 4.89. The number of carbonyl (C=O) groups excluding carboxylic acids is 2. The van der Waals surface area contributed by atoms with Gasteiger partial charge < -0.3 is 10.6 Å². The van der Waals surface area contributed by atoms with E-state index in [1.165, 1.54) is 0 Å². The number of halogens is 1. The van der Waals surface area contributed by atoms with Crippen LogP contribution in [0.25, 0.3) is 0 Å². The molecule has 0 aliphatic carbocycles. The Balaban J connectivity index is 2.16. The van der Waals surface area contributed by atoms with Gasteiger partial charge in [-0.25, -0.2) is 0 Å². The first-order chi connectivity index (χ1) is 8.18. The number of para-hydroxylation sites is 1. The first-order valence-electron chi connectivity index (χ1n) is 5.30. The van der Waals surface area contributed by atoms with Gasteiger partial charge in [0.05, 0.1) is 17.9 Å². The molecule has 5 nitrogen and oxygen atoms in total. The molecular formula is C11H10BrN3O2. The predicted octanol–water partition coefficient (Wildman–Crippen LogP) is 0.706. The minimum atomic E-state index is -0.446.